The van der Waals surface area contributed by atoms with Crippen LogP contribution in [0.5, 0.6) is 5.75 Å². The lowest BCUT2D eigenvalue weighted by atomic mass is 10.0. The van der Waals surface area contributed by atoms with E-state index in [9.17, 15) is 4.79 Å². The Morgan fingerprint density at radius 1 is 0.815 bits per heavy atom. The highest BCUT2D eigenvalue weighted by Crippen LogP contribution is 2.30. The Kier molecular flexibility index (Phi) is 4.48. The number of rotatable bonds is 3. The smallest absolute Gasteiger partial charge is 0.449 e. The van der Waals surface area contributed by atoms with E-state index >= 15 is 0 Å². The Hall–Kier alpha value is -3.37. The van der Waals surface area contributed by atoms with E-state index in [1.165, 1.54) is 0 Å². The predicted molar refractivity (Wildman–Crippen MR) is 106 cm³/mol. The molecule has 0 fully saturated rings. The zero-order valence-corrected chi connectivity index (χ0v) is 14.9. The van der Waals surface area contributed by atoms with E-state index in [2.05, 4.69) is 0 Å². The van der Waals surface area contributed by atoms with Crippen LogP contribution in [0.3, 0.4) is 0 Å². The standard InChI is InChI=1S/C22H14ClNO3/c23-18-9-7-15(8-10-18)20-12-19(27-22(25)26)13-21(24-20)17-6-5-14-3-1-2-4-16(14)11-17/h1-13H,(H,25,26). The number of hydrogen-bond donors (Lipinski definition) is 1. The summed E-state index contributed by atoms with van der Waals surface area (Å²) in [4.78, 5) is 15.7. The van der Waals surface area contributed by atoms with Crippen molar-refractivity contribution in [1.29, 1.82) is 0 Å². The maximum absolute atomic E-state index is 11.0. The number of ether oxygens (including phenoxy) is 1. The molecule has 0 aliphatic carbocycles. The van der Waals surface area contributed by atoms with Crippen molar-refractivity contribution in [2.24, 2.45) is 0 Å². The number of aromatic nitrogens is 1. The van der Waals surface area contributed by atoms with Crippen molar-refractivity contribution in [2.45, 2.75) is 0 Å². The minimum atomic E-state index is -1.37. The Bertz CT molecular complexity index is 1140. The average Bonchev–Trinajstić information content (AvgIpc) is 2.67. The second kappa shape index (κ2) is 7.09. The fourth-order valence-electron chi connectivity index (χ4n) is 2.93. The topological polar surface area (TPSA) is 59.4 Å². The van der Waals surface area contributed by atoms with Crippen LogP contribution in [0.15, 0.2) is 78.9 Å². The quantitative estimate of drug-likeness (QED) is 0.428. The van der Waals surface area contributed by atoms with Gasteiger partial charge in [0.2, 0.25) is 0 Å². The molecule has 0 atom stereocenters. The Morgan fingerprint density at radius 2 is 1.44 bits per heavy atom. The molecule has 0 saturated heterocycles. The number of benzene rings is 3. The van der Waals surface area contributed by atoms with Crippen LogP contribution in [-0.4, -0.2) is 16.2 Å². The van der Waals surface area contributed by atoms with Crippen LogP contribution in [0.2, 0.25) is 5.02 Å². The van der Waals surface area contributed by atoms with Gasteiger partial charge < -0.3 is 9.84 Å². The molecule has 0 radical (unpaired) electrons. The minimum absolute atomic E-state index is 0.214. The van der Waals surface area contributed by atoms with Crippen molar-refractivity contribution in [2.75, 3.05) is 0 Å². The van der Waals surface area contributed by atoms with Crippen LogP contribution in [0.1, 0.15) is 0 Å². The van der Waals surface area contributed by atoms with Crippen LogP contribution in [0.4, 0.5) is 4.79 Å². The zero-order valence-electron chi connectivity index (χ0n) is 14.1. The molecular formula is C22H14ClNO3. The Morgan fingerprint density at radius 3 is 2.15 bits per heavy atom. The first-order valence-electron chi connectivity index (χ1n) is 8.26. The van der Waals surface area contributed by atoms with Crippen LogP contribution in [0, 0.1) is 0 Å². The lowest BCUT2D eigenvalue weighted by Gasteiger charge is -2.10. The Balaban J connectivity index is 1.86. The van der Waals surface area contributed by atoms with Gasteiger partial charge in [-0.05, 0) is 29.0 Å². The third-order valence-electron chi connectivity index (χ3n) is 4.19. The Labute approximate surface area is 160 Å². The van der Waals surface area contributed by atoms with Gasteiger partial charge in [0.15, 0.2) is 0 Å². The molecule has 1 aromatic heterocycles. The first kappa shape index (κ1) is 17.1. The van der Waals surface area contributed by atoms with Gasteiger partial charge in [0.05, 0.1) is 11.4 Å². The van der Waals surface area contributed by atoms with E-state index in [-0.39, 0.29) is 5.75 Å². The summed E-state index contributed by atoms with van der Waals surface area (Å²) in [7, 11) is 0. The van der Waals surface area contributed by atoms with E-state index in [1.807, 2.05) is 54.6 Å². The normalized spacial score (nSPS) is 10.7. The molecule has 3 aromatic carbocycles. The number of carboxylic acid groups (broad SMARTS) is 1. The molecule has 0 amide bonds. The predicted octanol–water partition coefficient (Wildman–Crippen LogP) is 6.28. The molecule has 0 aliphatic rings. The largest absolute Gasteiger partial charge is 0.511 e. The molecular weight excluding hydrogens is 362 g/mol. The summed E-state index contributed by atoms with van der Waals surface area (Å²) in [6.45, 7) is 0. The molecule has 5 heteroatoms. The molecule has 1 N–H and O–H groups in total. The van der Waals surface area contributed by atoms with Gasteiger partial charge >= 0.3 is 6.16 Å². The zero-order chi connectivity index (χ0) is 18.8. The fraction of sp³-hybridized carbons (Fsp3) is 0. The maximum atomic E-state index is 11.0. The summed E-state index contributed by atoms with van der Waals surface area (Å²) in [5, 5.41) is 11.8. The summed E-state index contributed by atoms with van der Waals surface area (Å²) in [5.41, 5.74) is 2.93. The highest BCUT2D eigenvalue weighted by atomic mass is 35.5. The van der Waals surface area contributed by atoms with Gasteiger partial charge in [-0.1, -0.05) is 60.1 Å². The molecule has 4 nitrogen and oxygen atoms in total. The molecule has 4 rings (SSSR count). The number of hydrogen-bond acceptors (Lipinski definition) is 3. The molecule has 132 valence electrons. The summed E-state index contributed by atoms with van der Waals surface area (Å²) >= 11 is 5.96. The number of carbonyl (C=O) groups is 1. The van der Waals surface area contributed by atoms with Crippen LogP contribution >= 0.6 is 11.6 Å². The van der Waals surface area contributed by atoms with Gasteiger partial charge in [0, 0.05) is 28.3 Å². The lowest BCUT2D eigenvalue weighted by Crippen LogP contribution is -2.04. The van der Waals surface area contributed by atoms with Crippen molar-refractivity contribution >= 4 is 28.5 Å². The number of pyridine rings is 1. The van der Waals surface area contributed by atoms with Crippen molar-refractivity contribution < 1.29 is 14.6 Å². The fourth-order valence-corrected chi connectivity index (χ4v) is 3.06. The second-order valence-corrected chi connectivity index (χ2v) is 6.45. The SMILES string of the molecule is O=C(O)Oc1cc(-c2ccc(Cl)cc2)nc(-c2ccc3ccccc3c2)c1. The van der Waals surface area contributed by atoms with Crippen molar-refractivity contribution in [1.82, 2.24) is 4.98 Å². The van der Waals surface area contributed by atoms with Crippen LogP contribution in [0.25, 0.3) is 33.3 Å². The van der Waals surface area contributed by atoms with E-state index < -0.39 is 6.16 Å². The first-order chi connectivity index (χ1) is 13.1. The first-order valence-corrected chi connectivity index (χ1v) is 8.64. The third-order valence-corrected chi connectivity index (χ3v) is 4.44. The molecule has 0 bridgehead atoms. The maximum Gasteiger partial charge on any atom is 0.511 e. The van der Waals surface area contributed by atoms with E-state index in [1.54, 1.807) is 24.3 Å². The number of nitrogens with zero attached hydrogens (tertiary/aromatic N) is 1. The van der Waals surface area contributed by atoms with Crippen molar-refractivity contribution in [3.63, 3.8) is 0 Å². The van der Waals surface area contributed by atoms with Gasteiger partial charge in [-0.2, -0.15) is 0 Å². The van der Waals surface area contributed by atoms with Crippen molar-refractivity contribution in [3.05, 3.63) is 83.9 Å². The number of halogens is 1. The molecule has 0 saturated carbocycles. The number of fused-ring (bicyclic) bond motifs is 1. The van der Waals surface area contributed by atoms with Crippen LogP contribution < -0.4 is 4.74 Å². The molecule has 0 unspecified atom stereocenters. The average molecular weight is 376 g/mol. The van der Waals surface area contributed by atoms with Crippen LogP contribution in [-0.2, 0) is 0 Å². The highest BCUT2D eigenvalue weighted by molar-refractivity contribution is 6.30. The molecule has 1 heterocycles. The summed E-state index contributed by atoms with van der Waals surface area (Å²) in [6.07, 6.45) is -1.37. The van der Waals surface area contributed by atoms with Gasteiger partial charge in [0.1, 0.15) is 5.75 Å². The molecule has 0 aliphatic heterocycles. The van der Waals surface area contributed by atoms with E-state index in [0.29, 0.717) is 16.4 Å². The lowest BCUT2D eigenvalue weighted by molar-refractivity contribution is 0.144. The van der Waals surface area contributed by atoms with Gasteiger partial charge in [0.25, 0.3) is 0 Å². The van der Waals surface area contributed by atoms with E-state index in [0.717, 1.165) is 21.9 Å². The second-order valence-electron chi connectivity index (χ2n) is 6.01. The van der Waals surface area contributed by atoms with Gasteiger partial charge in [-0.15, -0.1) is 0 Å². The highest BCUT2D eigenvalue weighted by Gasteiger charge is 2.11. The van der Waals surface area contributed by atoms with E-state index in [4.69, 9.17) is 26.4 Å². The van der Waals surface area contributed by atoms with Gasteiger partial charge in [-0.3, -0.25) is 0 Å². The third kappa shape index (κ3) is 3.76. The summed E-state index contributed by atoms with van der Waals surface area (Å²) < 4.78 is 4.90. The molecule has 27 heavy (non-hydrogen) atoms. The summed E-state index contributed by atoms with van der Waals surface area (Å²) in [6, 6.07) is 24.4. The minimum Gasteiger partial charge on any atom is -0.449 e. The monoisotopic (exact) mass is 375 g/mol. The summed E-state index contributed by atoms with van der Waals surface area (Å²) in [5.74, 6) is 0.214. The van der Waals surface area contributed by atoms with Gasteiger partial charge in [-0.25, -0.2) is 9.78 Å². The van der Waals surface area contributed by atoms with Crippen molar-refractivity contribution in [3.8, 4) is 28.3 Å². The molecule has 0 spiro atoms. The molecule has 4 aromatic rings.